The van der Waals surface area contributed by atoms with Crippen LogP contribution in [0.4, 0.5) is 4.39 Å². The van der Waals surface area contributed by atoms with Gasteiger partial charge in [-0.05, 0) is 42.3 Å². The summed E-state index contributed by atoms with van der Waals surface area (Å²) in [6, 6.07) is 10.4. The predicted octanol–water partition coefficient (Wildman–Crippen LogP) is 2.08. The summed E-state index contributed by atoms with van der Waals surface area (Å²) in [6.45, 7) is 0.406. The molecule has 0 fully saturated rings. The first-order valence-corrected chi connectivity index (χ1v) is 8.17. The summed E-state index contributed by atoms with van der Waals surface area (Å²) in [6.07, 6.45) is 0.491. The first-order valence-electron chi connectivity index (χ1n) is 6.68. The molecule has 116 valence electrons. The van der Waals surface area contributed by atoms with E-state index in [-0.39, 0.29) is 18.2 Å². The van der Waals surface area contributed by atoms with Crippen molar-refractivity contribution < 1.29 is 22.3 Å². The third kappa shape index (κ3) is 3.20. The number of rotatable bonds is 5. The molecule has 0 atom stereocenters. The van der Waals surface area contributed by atoms with Crippen LogP contribution in [-0.4, -0.2) is 21.8 Å². The Morgan fingerprint density at radius 3 is 2.73 bits per heavy atom. The third-order valence-corrected chi connectivity index (χ3v) is 4.71. The molecule has 0 spiro atoms. The number of fused-ring (bicyclic) bond motifs is 1. The van der Waals surface area contributed by atoms with Crippen LogP contribution in [-0.2, 0) is 16.4 Å². The highest BCUT2D eigenvalue weighted by Gasteiger charge is 2.15. The van der Waals surface area contributed by atoms with Gasteiger partial charge >= 0.3 is 0 Å². The smallest absolute Gasteiger partial charge is 0.240 e. The van der Waals surface area contributed by atoms with E-state index < -0.39 is 15.8 Å². The number of halogens is 1. The van der Waals surface area contributed by atoms with E-state index in [9.17, 15) is 12.8 Å². The second kappa shape index (κ2) is 5.94. The van der Waals surface area contributed by atoms with Gasteiger partial charge in [0.05, 0.1) is 4.90 Å². The zero-order chi connectivity index (χ0) is 15.6. The fraction of sp³-hybridized carbons (Fsp3) is 0.200. The molecule has 1 aliphatic heterocycles. The minimum absolute atomic E-state index is 0.0850. The van der Waals surface area contributed by atoms with Gasteiger partial charge in [-0.15, -0.1) is 0 Å². The molecule has 0 bridgehead atoms. The number of nitrogens with one attached hydrogen (secondary N) is 1. The van der Waals surface area contributed by atoms with Crippen molar-refractivity contribution >= 4 is 10.0 Å². The van der Waals surface area contributed by atoms with E-state index in [1.807, 2.05) is 12.1 Å². The van der Waals surface area contributed by atoms with Gasteiger partial charge in [-0.3, -0.25) is 0 Å². The molecule has 0 radical (unpaired) electrons. The summed E-state index contributed by atoms with van der Waals surface area (Å²) < 4.78 is 50.1. The third-order valence-electron chi connectivity index (χ3n) is 3.25. The maximum atomic E-state index is 13.1. The SMILES string of the molecule is O=S(=O)(NCCc1ccc2c(c1)OCO2)c1cccc(F)c1. The van der Waals surface area contributed by atoms with Gasteiger partial charge in [-0.1, -0.05) is 12.1 Å². The van der Waals surface area contributed by atoms with Crippen LogP contribution in [0.5, 0.6) is 11.5 Å². The minimum Gasteiger partial charge on any atom is -0.454 e. The highest BCUT2D eigenvalue weighted by Crippen LogP contribution is 2.32. The fourth-order valence-corrected chi connectivity index (χ4v) is 3.21. The Morgan fingerprint density at radius 2 is 1.91 bits per heavy atom. The van der Waals surface area contributed by atoms with E-state index in [4.69, 9.17) is 9.47 Å². The Hall–Kier alpha value is -2.12. The summed E-state index contributed by atoms with van der Waals surface area (Å²) in [5.41, 5.74) is 0.922. The van der Waals surface area contributed by atoms with Crippen LogP contribution in [0.15, 0.2) is 47.4 Å². The maximum Gasteiger partial charge on any atom is 0.240 e. The number of ether oxygens (including phenoxy) is 2. The lowest BCUT2D eigenvalue weighted by Gasteiger charge is -2.07. The van der Waals surface area contributed by atoms with E-state index in [1.165, 1.54) is 18.2 Å². The van der Waals surface area contributed by atoms with Gasteiger partial charge in [0.2, 0.25) is 16.8 Å². The van der Waals surface area contributed by atoms with Gasteiger partial charge < -0.3 is 9.47 Å². The highest BCUT2D eigenvalue weighted by atomic mass is 32.2. The van der Waals surface area contributed by atoms with Crippen molar-refractivity contribution in [1.29, 1.82) is 0 Å². The number of hydrogen-bond acceptors (Lipinski definition) is 4. The quantitative estimate of drug-likeness (QED) is 0.915. The fourth-order valence-electron chi connectivity index (χ4n) is 2.14. The number of benzene rings is 2. The average molecular weight is 323 g/mol. The zero-order valence-corrected chi connectivity index (χ0v) is 12.4. The van der Waals surface area contributed by atoms with E-state index >= 15 is 0 Å². The van der Waals surface area contributed by atoms with Crippen molar-refractivity contribution in [2.24, 2.45) is 0 Å². The van der Waals surface area contributed by atoms with Crippen LogP contribution in [0, 0.1) is 5.82 Å². The Morgan fingerprint density at radius 1 is 1.09 bits per heavy atom. The predicted molar refractivity (Wildman–Crippen MR) is 77.9 cm³/mol. The Balaban J connectivity index is 1.63. The van der Waals surface area contributed by atoms with Crippen molar-refractivity contribution in [3.63, 3.8) is 0 Å². The van der Waals surface area contributed by atoms with Crippen molar-refractivity contribution in [2.75, 3.05) is 13.3 Å². The van der Waals surface area contributed by atoms with Gasteiger partial charge in [0.15, 0.2) is 11.5 Å². The van der Waals surface area contributed by atoms with E-state index in [1.54, 1.807) is 6.07 Å². The zero-order valence-electron chi connectivity index (χ0n) is 11.6. The van der Waals surface area contributed by atoms with Crippen LogP contribution < -0.4 is 14.2 Å². The molecule has 1 N–H and O–H groups in total. The number of sulfonamides is 1. The van der Waals surface area contributed by atoms with Crippen LogP contribution in [0.2, 0.25) is 0 Å². The largest absolute Gasteiger partial charge is 0.454 e. The molecule has 0 aliphatic carbocycles. The lowest BCUT2D eigenvalue weighted by molar-refractivity contribution is 0.174. The molecule has 0 aromatic heterocycles. The summed E-state index contributed by atoms with van der Waals surface area (Å²) in [5, 5.41) is 0. The highest BCUT2D eigenvalue weighted by molar-refractivity contribution is 7.89. The van der Waals surface area contributed by atoms with Crippen LogP contribution in [0.1, 0.15) is 5.56 Å². The molecule has 0 saturated heterocycles. The molecule has 0 unspecified atom stereocenters. The molecule has 0 amide bonds. The summed E-state index contributed by atoms with van der Waals surface area (Å²) in [4.78, 5) is -0.0850. The van der Waals surface area contributed by atoms with Crippen LogP contribution in [0.3, 0.4) is 0 Å². The molecule has 5 nitrogen and oxygen atoms in total. The molecule has 1 heterocycles. The van der Waals surface area contributed by atoms with E-state index in [0.717, 1.165) is 11.6 Å². The second-order valence-electron chi connectivity index (χ2n) is 4.79. The maximum absolute atomic E-state index is 13.1. The summed E-state index contributed by atoms with van der Waals surface area (Å²) in [7, 11) is -3.71. The standard InChI is InChI=1S/C15H14FNO4S/c16-12-2-1-3-13(9-12)22(18,19)17-7-6-11-4-5-14-15(8-11)21-10-20-14/h1-5,8-9,17H,6-7,10H2. The van der Waals surface area contributed by atoms with E-state index in [0.29, 0.717) is 17.9 Å². The number of hydrogen-bond donors (Lipinski definition) is 1. The average Bonchev–Trinajstić information content (AvgIpc) is 2.94. The van der Waals surface area contributed by atoms with Gasteiger partial charge in [0.25, 0.3) is 0 Å². The second-order valence-corrected chi connectivity index (χ2v) is 6.56. The van der Waals surface area contributed by atoms with Gasteiger partial charge in [-0.25, -0.2) is 17.5 Å². The van der Waals surface area contributed by atoms with E-state index in [2.05, 4.69) is 4.72 Å². The van der Waals surface area contributed by atoms with Crippen molar-refractivity contribution in [3.05, 3.63) is 53.8 Å². The minimum atomic E-state index is -3.71. The normalized spacial score (nSPS) is 13.3. The molecule has 2 aromatic rings. The Bertz CT molecular complexity index is 792. The van der Waals surface area contributed by atoms with Gasteiger partial charge in [0, 0.05) is 6.54 Å². The topological polar surface area (TPSA) is 64.6 Å². The van der Waals surface area contributed by atoms with Crippen molar-refractivity contribution in [2.45, 2.75) is 11.3 Å². The van der Waals surface area contributed by atoms with Crippen molar-refractivity contribution in [3.8, 4) is 11.5 Å². The summed E-state index contributed by atoms with van der Waals surface area (Å²) in [5.74, 6) is 0.758. The molecule has 0 saturated carbocycles. The Labute approximate surface area is 127 Å². The molecule has 22 heavy (non-hydrogen) atoms. The van der Waals surface area contributed by atoms with Crippen LogP contribution in [0.25, 0.3) is 0 Å². The lowest BCUT2D eigenvalue weighted by atomic mass is 10.1. The monoisotopic (exact) mass is 323 g/mol. The molecular weight excluding hydrogens is 309 g/mol. The van der Waals surface area contributed by atoms with Gasteiger partial charge in [0.1, 0.15) is 5.82 Å². The molecule has 2 aromatic carbocycles. The van der Waals surface area contributed by atoms with Crippen molar-refractivity contribution in [1.82, 2.24) is 4.72 Å². The first kappa shape index (κ1) is 14.8. The molecule has 1 aliphatic rings. The molecule has 3 rings (SSSR count). The Kier molecular flexibility index (Phi) is 4.00. The molecule has 7 heteroatoms. The summed E-state index contributed by atoms with van der Waals surface area (Å²) >= 11 is 0. The van der Waals surface area contributed by atoms with Gasteiger partial charge in [-0.2, -0.15) is 0 Å². The first-order chi connectivity index (χ1) is 10.5. The van der Waals surface area contributed by atoms with Crippen LogP contribution >= 0.6 is 0 Å². The lowest BCUT2D eigenvalue weighted by Crippen LogP contribution is -2.26. The molecular formula is C15H14FNO4S.